The average Bonchev–Trinajstić information content (AvgIpc) is 2.37. The van der Waals surface area contributed by atoms with Gasteiger partial charge in [-0.3, -0.25) is 10.1 Å². The van der Waals surface area contributed by atoms with Crippen molar-refractivity contribution in [2.24, 2.45) is 0 Å². The molecule has 1 rings (SSSR count). The second kappa shape index (κ2) is 6.92. The molecule has 3 amide bonds. The maximum absolute atomic E-state index is 11.3. The van der Waals surface area contributed by atoms with E-state index in [2.05, 4.69) is 5.32 Å². The fourth-order valence-electron chi connectivity index (χ4n) is 1.12. The zero-order valence-corrected chi connectivity index (χ0v) is 12.1. The molecule has 0 atom stereocenters. The Kier molecular flexibility index (Phi) is 5.55. The molecule has 1 aromatic rings. The summed E-state index contributed by atoms with van der Waals surface area (Å²) in [6, 6.07) is 3.68. The quantitative estimate of drug-likeness (QED) is 0.674. The number of carbonyl (C=O) groups excluding carboxylic acids is 2. The minimum Gasteiger partial charge on any atom is -0.483 e. The molecule has 102 valence electrons. The van der Waals surface area contributed by atoms with Crippen LogP contribution in [0.15, 0.2) is 18.2 Å². The standard InChI is InChI=1S/C11H11IN2O5/c1-13-11(18)14-9(15)5-19-8-4-6(10(16)17)2-3-7(8)12/h2-4H,5H2,1H3,(H,16,17)(H2,13,14,15,18). The number of imide groups is 1. The van der Waals surface area contributed by atoms with Crippen LogP contribution in [0.2, 0.25) is 0 Å². The van der Waals surface area contributed by atoms with E-state index in [1.54, 1.807) is 6.07 Å². The van der Waals surface area contributed by atoms with E-state index in [-0.39, 0.29) is 17.9 Å². The lowest BCUT2D eigenvalue weighted by Crippen LogP contribution is -2.40. The van der Waals surface area contributed by atoms with Gasteiger partial charge in [0.2, 0.25) is 0 Å². The van der Waals surface area contributed by atoms with Crippen LogP contribution in [0, 0.1) is 3.57 Å². The van der Waals surface area contributed by atoms with Gasteiger partial charge in [0.15, 0.2) is 6.61 Å². The molecule has 19 heavy (non-hydrogen) atoms. The van der Waals surface area contributed by atoms with Crippen molar-refractivity contribution < 1.29 is 24.2 Å². The van der Waals surface area contributed by atoms with Crippen molar-refractivity contribution in [3.05, 3.63) is 27.3 Å². The number of nitrogens with one attached hydrogen (secondary N) is 2. The lowest BCUT2D eigenvalue weighted by atomic mass is 10.2. The number of rotatable bonds is 4. The van der Waals surface area contributed by atoms with Gasteiger partial charge in [-0.25, -0.2) is 9.59 Å². The summed E-state index contributed by atoms with van der Waals surface area (Å²) < 4.78 is 5.83. The first-order valence-electron chi connectivity index (χ1n) is 5.11. The Labute approximate surface area is 122 Å². The van der Waals surface area contributed by atoms with Crippen molar-refractivity contribution in [2.45, 2.75) is 0 Å². The molecule has 0 fully saturated rings. The molecular formula is C11H11IN2O5. The van der Waals surface area contributed by atoms with Gasteiger partial charge in [0.05, 0.1) is 9.13 Å². The monoisotopic (exact) mass is 378 g/mol. The van der Waals surface area contributed by atoms with Crippen molar-refractivity contribution in [3.8, 4) is 5.75 Å². The molecule has 0 spiro atoms. The maximum Gasteiger partial charge on any atom is 0.335 e. The molecule has 7 nitrogen and oxygen atoms in total. The highest BCUT2D eigenvalue weighted by Gasteiger charge is 2.11. The van der Waals surface area contributed by atoms with Gasteiger partial charge >= 0.3 is 12.0 Å². The van der Waals surface area contributed by atoms with Gasteiger partial charge in [0, 0.05) is 7.05 Å². The highest BCUT2D eigenvalue weighted by molar-refractivity contribution is 14.1. The van der Waals surface area contributed by atoms with E-state index in [4.69, 9.17) is 9.84 Å². The summed E-state index contributed by atoms with van der Waals surface area (Å²) in [4.78, 5) is 33.0. The molecule has 1 aromatic carbocycles. The Bertz CT molecular complexity index is 518. The molecule has 0 aliphatic heterocycles. The van der Waals surface area contributed by atoms with Crippen LogP contribution in [-0.2, 0) is 4.79 Å². The Balaban J connectivity index is 2.67. The summed E-state index contributed by atoms with van der Waals surface area (Å²) in [7, 11) is 1.38. The van der Waals surface area contributed by atoms with Crippen molar-refractivity contribution >= 4 is 40.5 Å². The van der Waals surface area contributed by atoms with Gasteiger partial charge in [-0.15, -0.1) is 0 Å². The minimum absolute atomic E-state index is 0.0575. The van der Waals surface area contributed by atoms with Gasteiger partial charge in [0.25, 0.3) is 5.91 Å². The first kappa shape index (κ1) is 15.2. The fraction of sp³-hybridized carbons (Fsp3) is 0.182. The number of hydrogen-bond donors (Lipinski definition) is 3. The molecule has 3 N–H and O–H groups in total. The fourth-order valence-corrected chi connectivity index (χ4v) is 1.61. The lowest BCUT2D eigenvalue weighted by molar-refractivity contribution is -0.122. The average molecular weight is 378 g/mol. The van der Waals surface area contributed by atoms with Gasteiger partial charge < -0.3 is 15.2 Å². The number of benzene rings is 1. The summed E-state index contributed by atoms with van der Waals surface area (Å²) in [6.07, 6.45) is 0. The molecule has 8 heteroatoms. The predicted molar refractivity (Wildman–Crippen MR) is 74.2 cm³/mol. The number of halogens is 1. The zero-order chi connectivity index (χ0) is 14.4. The Morgan fingerprint density at radius 2 is 2.05 bits per heavy atom. The maximum atomic E-state index is 11.3. The number of ether oxygens (including phenoxy) is 1. The second-order valence-electron chi connectivity index (χ2n) is 3.37. The van der Waals surface area contributed by atoms with E-state index in [1.165, 1.54) is 19.2 Å². The number of carboxylic acids is 1. The molecule has 0 saturated carbocycles. The van der Waals surface area contributed by atoms with Crippen LogP contribution in [0.4, 0.5) is 4.79 Å². The second-order valence-corrected chi connectivity index (χ2v) is 4.53. The Hall–Kier alpha value is -1.84. The van der Waals surface area contributed by atoms with E-state index in [0.717, 1.165) is 0 Å². The van der Waals surface area contributed by atoms with Crippen LogP contribution < -0.4 is 15.4 Å². The molecule has 0 bridgehead atoms. The van der Waals surface area contributed by atoms with Crippen LogP contribution in [0.3, 0.4) is 0 Å². The summed E-state index contributed by atoms with van der Waals surface area (Å²) in [5.74, 6) is -1.44. The molecular weight excluding hydrogens is 367 g/mol. The van der Waals surface area contributed by atoms with Crippen molar-refractivity contribution in [2.75, 3.05) is 13.7 Å². The molecule has 0 aromatic heterocycles. The third kappa shape index (κ3) is 4.73. The summed E-state index contributed by atoms with van der Waals surface area (Å²) >= 11 is 1.95. The van der Waals surface area contributed by atoms with Crippen molar-refractivity contribution in [1.29, 1.82) is 0 Å². The van der Waals surface area contributed by atoms with Crippen LogP contribution in [0.5, 0.6) is 5.75 Å². The third-order valence-electron chi connectivity index (χ3n) is 2.02. The SMILES string of the molecule is CNC(=O)NC(=O)COc1cc(C(=O)O)ccc1I. The molecule has 0 unspecified atom stereocenters. The number of hydrogen-bond acceptors (Lipinski definition) is 4. The van der Waals surface area contributed by atoms with Crippen LogP contribution in [0.1, 0.15) is 10.4 Å². The van der Waals surface area contributed by atoms with Crippen LogP contribution in [0.25, 0.3) is 0 Å². The Morgan fingerprint density at radius 3 is 2.63 bits per heavy atom. The van der Waals surface area contributed by atoms with Gasteiger partial charge in [-0.2, -0.15) is 0 Å². The highest BCUT2D eigenvalue weighted by atomic mass is 127. The topological polar surface area (TPSA) is 105 Å². The number of urea groups is 1. The van der Waals surface area contributed by atoms with Crippen molar-refractivity contribution in [1.82, 2.24) is 10.6 Å². The molecule has 0 saturated heterocycles. The summed E-state index contributed by atoms with van der Waals surface area (Å²) in [5, 5.41) is 13.1. The first-order chi connectivity index (χ1) is 8.93. The molecule has 0 radical (unpaired) electrons. The van der Waals surface area contributed by atoms with E-state index in [0.29, 0.717) is 3.57 Å². The summed E-state index contributed by atoms with van der Waals surface area (Å²) in [6.45, 7) is -0.382. The number of carbonyl (C=O) groups is 3. The zero-order valence-electron chi connectivity index (χ0n) is 9.90. The third-order valence-corrected chi connectivity index (χ3v) is 2.91. The van der Waals surface area contributed by atoms with E-state index >= 15 is 0 Å². The van der Waals surface area contributed by atoms with Crippen LogP contribution >= 0.6 is 22.6 Å². The largest absolute Gasteiger partial charge is 0.483 e. The Morgan fingerprint density at radius 1 is 1.37 bits per heavy atom. The predicted octanol–water partition coefficient (Wildman–Crippen LogP) is 0.824. The number of carboxylic acid groups (broad SMARTS) is 1. The minimum atomic E-state index is -1.09. The van der Waals surface area contributed by atoms with Gasteiger partial charge in [-0.1, -0.05) is 0 Å². The molecule has 0 heterocycles. The highest BCUT2D eigenvalue weighted by Crippen LogP contribution is 2.22. The molecule has 0 aliphatic carbocycles. The van der Waals surface area contributed by atoms with E-state index in [1.807, 2.05) is 27.9 Å². The van der Waals surface area contributed by atoms with Gasteiger partial charge in [-0.05, 0) is 40.8 Å². The van der Waals surface area contributed by atoms with Crippen LogP contribution in [-0.4, -0.2) is 36.7 Å². The normalized spacial score (nSPS) is 9.58. The lowest BCUT2D eigenvalue weighted by Gasteiger charge is -2.08. The molecule has 0 aliphatic rings. The smallest absolute Gasteiger partial charge is 0.335 e. The number of amides is 3. The van der Waals surface area contributed by atoms with Gasteiger partial charge in [0.1, 0.15) is 5.75 Å². The first-order valence-corrected chi connectivity index (χ1v) is 6.19. The number of aromatic carboxylic acids is 1. The van der Waals surface area contributed by atoms with Crippen molar-refractivity contribution in [3.63, 3.8) is 0 Å². The van der Waals surface area contributed by atoms with E-state index < -0.39 is 17.9 Å². The van der Waals surface area contributed by atoms with E-state index in [9.17, 15) is 14.4 Å². The summed E-state index contributed by atoms with van der Waals surface area (Å²) in [5.41, 5.74) is 0.0575.